The normalized spacial score (nSPS) is 13.8. The fourth-order valence-corrected chi connectivity index (χ4v) is 4.97. The van der Waals surface area contributed by atoms with Crippen LogP contribution in [-0.4, -0.2) is 52.7 Å². The Hall–Kier alpha value is -5.59. The number of amides is 2. The monoisotopic (exact) mass is 623 g/mol. The Bertz CT molecular complexity index is 1900. The lowest BCUT2D eigenvalue weighted by Gasteiger charge is -2.19. The van der Waals surface area contributed by atoms with Crippen LogP contribution in [0.3, 0.4) is 0 Å². The van der Waals surface area contributed by atoms with Gasteiger partial charge in [-0.2, -0.15) is 0 Å². The van der Waals surface area contributed by atoms with E-state index in [2.05, 4.69) is 10.3 Å². The molecule has 11 nitrogen and oxygen atoms in total. The fraction of sp³-hybridized carbons (Fsp3) is 0.0909. The zero-order chi connectivity index (χ0) is 32.1. The molecule has 3 N–H and O–H groups in total. The summed E-state index contributed by atoms with van der Waals surface area (Å²) in [5, 5.41) is 7.59. The molecule has 0 aliphatic carbocycles. The third kappa shape index (κ3) is 7.32. The summed E-state index contributed by atoms with van der Waals surface area (Å²) in [5.74, 6) is -1.24. The number of aliphatic imine (C=N–C) groups is 1. The van der Waals surface area contributed by atoms with Gasteiger partial charge in [0.25, 0.3) is 11.8 Å². The Balaban J connectivity index is 1.29. The summed E-state index contributed by atoms with van der Waals surface area (Å²) in [5.41, 5.74) is 3.83. The second-order valence-electron chi connectivity index (χ2n) is 10.2. The molecule has 12 heteroatoms. The molecule has 0 bridgehead atoms. The highest BCUT2D eigenvalue weighted by atomic mass is 32.2. The molecule has 0 unspecified atom stereocenters. The highest BCUT2D eigenvalue weighted by molar-refractivity contribution is 7.89. The van der Waals surface area contributed by atoms with E-state index in [0.29, 0.717) is 17.2 Å². The number of primary sulfonamides is 1. The number of esters is 1. The Labute approximate surface area is 260 Å². The first-order chi connectivity index (χ1) is 21.5. The maximum atomic E-state index is 13.6. The van der Waals surface area contributed by atoms with E-state index < -0.39 is 28.5 Å². The maximum absolute atomic E-state index is 13.6. The zero-order valence-corrected chi connectivity index (χ0v) is 25.2. The number of carbonyl (C=O) groups is 3. The summed E-state index contributed by atoms with van der Waals surface area (Å²) < 4.78 is 27.9. The van der Waals surface area contributed by atoms with E-state index >= 15 is 0 Å². The van der Waals surface area contributed by atoms with Gasteiger partial charge in [-0.15, -0.1) is 0 Å². The molecule has 4 aromatic rings. The molecule has 2 amide bonds. The number of hydrogen-bond acceptors (Lipinski definition) is 8. The lowest BCUT2D eigenvalue weighted by molar-refractivity contribution is -0.119. The molecule has 4 aromatic carbocycles. The van der Waals surface area contributed by atoms with E-state index in [0.717, 1.165) is 16.8 Å². The minimum atomic E-state index is -3.86. The van der Waals surface area contributed by atoms with Gasteiger partial charge in [-0.05, 0) is 72.3 Å². The van der Waals surface area contributed by atoms with Crippen LogP contribution in [0.4, 0.5) is 17.1 Å². The predicted octanol–water partition coefficient (Wildman–Crippen LogP) is 4.03. The molecule has 0 fully saturated rings. The van der Waals surface area contributed by atoms with Crippen molar-refractivity contribution in [2.75, 3.05) is 35.8 Å². The second-order valence-corrected chi connectivity index (χ2v) is 11.8. The molecule has 0 aromatic heterocycles. The molecule has 0 radical (unpaired) electrons. The topological polar surface area (TPSA) is 151 Å². The molecule has 1 heterocycles. The van der Waals surface area contributed by atoms with Crippen molar-refractivity contribution in [3.63, 3.8) is 0 Å². The molecule has 1 aliphatic heterocycles. The van der Waals surface area contributed by atoms with E-state index in [1.807, 2.05) is 73.6 Å². The zero-order valence-electron chi connectivity index (χ0n) is 24.4. The van der Waals surface area contributed by atoms with Crippen LogP contribution in [0.5, 0.6) is 0 Å². The van der Waals surface area contributed by atoms with Gasteiger partial charge in [0.15, 0.2) is 6.61 Å². The number of nitrogens with one attached hydrogen (secondary N) is 1. The molecular weight excluding hydrogens is 594 g/mol. The number of benzene rings is 4. The summed E-state index contributed by atoms with van der Waals surface area (Å²) in [7, 11) is 0.0400. The number of nitrogens with zero attached hydrogens (tertiary/aromatic N) is 3. The second kappa shape index (κ2) is 13.0. The van der Waals surface area contributed by atoms with Gasteiger partial charge in [-0.1, -0.05) is 42.5 Å². The minimum absolute atomic E-state index is 0.102. The number of amidine groups is 1. The predicted molar refractivity (Wildman–Crippen MR) is 172 cm³/mol. The number of rotatable bonds is 9. The number of hydrogen-bond donors (Lipinski definition) is 2. The number of anilines is 3. The minimum Gasteiger partial charge on any atom is -0.452 e. The van der Waals surface area contributed by atoms with Crippen molar-refractivity contribution in [2.24, 2.45) is 10.1 Å². The molecule has 0 saturated heterocycles. The van der Waals surface area contributed by atoms with Crippen LogP contribution in [0.2, 0.25) is 0 Å². The van der Waals surface area contributed by atoms with Gasteiger partial charge in [-0.25, -0.2) is 23.3 Å². The first-order valence-electron chi connectivity index (χ1n) is 13.7. The number of ether oxygens (including phenoxy) is 1. The van der Waals surface area contributed by atoms with Gasteiger partial charge in [0.1, 0.15) is 11.5 Å². The van der Waals surface area contributed by atoms with Crippen LogP contribution in [-0.2, 0) is 24.3 Å². The van der Waals surface area contributed by atoms with Crippen molar-refractivity contribution in [1.29, 1.82) is 0 Å². The van der Waals surface area contributed by atoms with Gasteiger partial charge >= 0.3 is 5.97 Å². The number of carbonyl (C=O) groups excluding carboxylic acids is 3. The van der Waals surface area contributed by atoms with Crippen molar-refractivity contribution < 1.29 is 27.5 Å². The van der Waals surface area contributed by atoms with Crippen molar-refractivity contribution in [3.05, 3.63) is 126 Å². The van der Waals surface area contributed by atoms with Crippen molar-refractivity contribution >= 4 is 56.8 Å². The summed E-state index contributed by atoms with van der Waals surface area (Å²) >= 11 is 0. The lowest BCUT2D eigenvalue weighted by Crippen LogP contribution is -2.32. The molecule has 5 rings (SSSR count). The van der Waals surface area contributed by atoms with Crippen LogP contribution < -0.4 is 20.3 Å². The highest BCUT2D eigenvalue weighted by Gasteiger charge is 2.32. The average molecular weight is 624 g/mol. The van der Waals surface area contributed by atoms with Crippen LogP contribution >= 0.6 is 0 Å². The van der Waals surface area contributed by atoms with Gasteiger partial charge in [-0.3, -0.25) is 14.5 Å². The highest BCUT2D eigenvalue weighted by Crippen LogP contribution is 2.28. The van der Waals surface area contributed by atoms with E-state index in [4.69, 9.17) is 9.88 Å². The van der Waals surface area contributed by atoms with E-state index in [9.17, 15) is 22.8 Å². The number of nitrogens with two attached hydrogens (primary N) is 1. The first-order valence-corrected chi connectivity index (χ1v) is 15.2. The quantitative estimate of drug-likeness (QED) is 0.211. The Morgan fingerprint density at radius 2 is 1.56 bits per heavy atom. The smallest absolute Gasteiger partial charge is 0.338 e. The van der Waals surface area contributed by atoms with Gasteiger partial charge < -0.3 is 15.0 Å². The third-order valence-corrected chi connectivity index (χ3v) is 7.70. The summed E-state index contributed by atoms with van der Waals surface area (Å²) in [6.45, 7) is -0.573. The van der Waals surface area contributed by atoms with E-state index in [-0.39, 0.29) is 22.1 Å². The SMILES string of the molecule is CN(C)c1ccc(/C=C2\N=C(c3ccccc3)N(c3ccc(C(=O)OCC(=O)Nc4ccc(S(N)(=O)=O)cc4)cc3)C2=O)cc1. The molecule has 45 heavy (non-hydrogen) atoms. The Morgan fingerprint density at radius 1 is 0.911 bits per heavy atom. The van der Waals surface area contributed by atoms with Crippen LogP contribution in [0, 0.1) is 0 Å². The standard InChI is InChI=1S/C33H29N5O6S/c1-37(2)26-14-8-22(9-15-26)20-29-32(40)38(31(36-29)23-6-4-3-5-7-23)27-16-10-24(11-17-27)33(41)44-21-30(39)35-25-12-18-28(19-13-25)45(34,42)43/h3-20H,21H2,1-2H3,(H,35,39)(H2,34,42,43)/b29-20-. The molecule has 0 spiro atoms. The van der Waals surface area contributed by atoms with Crippen LogP contribution in [0.25, 0.3) is 6.08 Å². The molecular formula is C33H29N5O6S. The van der Waals surface area contributed by atoms with Gasteiger partial charge in [0.05, 0.1) is 16.1 Å². The maximum Gasteiger partial charge on any atom is 0.338 e. The molecule has 1 aliphatic rings. The largest absolute Gasteiger partial charge is 0.452 e. The van der Waals surface area contributed by atoms with E-state index in [1.165, 1.54) is 41.3 Å². The third-order valence-electron chi connectivity index (χ3n) is 6.77. The van der Waals surface area contributed by atoms with Gasteiger partial charge in [0, 0.05) is 31.0 Å². The van der Waals surface area contributed by atoms with Crippen LogP contribution in [0.1, 0.15) is 21.5 Å². The van der Waals surface area contributed by atoms with Crippen molar-refractivity contribution in [3.8, 4) is 0 Å². The molecule has 0 atom stereocenters. The molecule has 0 saturated carbocycles. The van der Waals surface area contributed by atoms with Crippen molar-refractivity contribution in [2.45, 2.75) is 4.90 Å². The van der Waals surface area contributed by atoms with Crippen molar-refractivity contribution in [1.82, 2.24) is 0 Å². The average Bonchev–Trinajstić information content (AvgIpc) is 3.35. The first kappa shape index (κ1) is 30.9. The fourth-order valence-electron chi connectivity index (χ4n) is 4.45. The van der Waals surface area contributed by atoms with Gasteiger partial charge in [0.2, 0.25) is 10.0 Å². The summed E-state index contributed by atoms with van der Waals surface area (Å²) in [4.78, 5) is 46.6. The Morgan fingerprint density at radius 3 is 2.16 bits per heavy atom. The number of sulfonamides is 1. The molecule has 228 valence electrons. The van der Waals surface area contributed by atoms with E-state index in [1.54, 1.807) is 18.2 Å². The lowest BCUT2D eigenvalue weighted by atomic mass is 10.1. The summed E-state index contributed by atoms with van der Waals surface area (Å²) in [6, 6.07) is 28.5. The Kier molecular flexibility index (Phi) is 8.88. The van der Waals surface area contributed by atoms with Crippen LogP contribution in [0.15, 0.2) is 119 Å². The summed E-state index contributed by atoms with van der Waals surface area (Å²) in [6.07, 6.45) is 1.73.